The molecule has 0 radical (unpaired) electrons. The van der Waals surface area contributed by atoms with Gasteiger partial charge < -0.3 is 10.1 Å². The second-order valence-electron chi connectivity index (χ2n) is 5.70. The van der Waals surface area contributed by atoms with E-state index in [1.54, 1.807) is 18.5 Å². The number of amides is 1. The van der Waals surface area contributed by atoms with Crippen molar-refractivity contribution in [1.29, 1.82) is 0 Å². The molecule has 0 fully saturated rings. The number of nitrogens with one attached hydrogen (secondary N) is 1. The zero-order valence-corrected chi connectivity index (χ0v) is 12.8. The van der Waals surface area contributed by atoms with Crippen LogP contribution in [0.5, 0.6) is 0 Å². The van der Waals surface area contributed by atoms with Crippen molar-refractivity contribution < 1.29 is 9.53 Å². The van der Waals surface area contributed by atoms with Gasteiger partial charge in [0.2, 0.25) is 5.91 Å². The molecule has 0 saturated heterocycles. The highest BCUT2D eigenvalue weighted by atomic mass is 16.5. The lowest BCUT2D eigenvalue weighted by molar-refractivity contribution is -0.125. The molecular formula is C15H20N4O2. The summed E-state index contributed by atoms with van der Waals surface area (Å²) in [4.78, 5) is 20.2. The summed E-state index contributed by atoms with van der Waals surface area (Å²) >= 11 is 0. The Morgan fingerprint density at radius 1 is 1.33 bits per heavy atom. The molecule has 0 unspecified atom stereocenters. The van der Waals surface area contributed by atoms with E-state index in [0.29, 0.717) is 5.69 Å². The molecule has 0 aliphatic heterocycles. The molecule has 0 spiro atoms. The van der Waals surface area contributed by atoms with E-state index < -0.39 is 0 Å². The Kier molecular flexibility index (Phi) is 4.37. The van der Waals surface area contributed by atoms with Gasteiger partial charge in [-0.05, 0) is 39.8 Å². The fourth-order valence-electron chi connectivity index (χ4n) is 1.70. The zero-order chi connectivity index (χ0) is 15.5. The lowest BCUT2D eigenvalue weighted by Gasteiger charge is -2.18. The van der Waals surface area contributed by atoms with E-state index in [1.807, 2.05) is 44.5 Å². The van der Waals surface area contributed by atoms with Gasteiger partial charge in [-0.15, -0.1) is 0 Å². The fourth-order valence-corrected chi connectivity index (χ4v) is 1.70. The molecule has 6 nitrogen and oxygen atoms in total. The molecular weight excluding hydrogens is 268 g/mol. The molecule has 0 atom stereocenters. The number of carbonyl (C=O) groups is 1. The average Bonchev–Trinajstić information content (AvgIpc) is 2.83. The minimum atomic E-state index is -0.335. The molecule has 0 aliphatic rings. The van der Waals surface area contributed by atoms with Crippen LogP contribution in [0.4, 0.5) is 5.69 Å². The highest BCUT2D eigenvalue weighted by molar-refractivity contribution is 5.91. The van der Waals surface area contributed by atoms with Gasteiger partial charge in [0.05, 0.1) is 17.5 Å². The van der Waals surface area contributed by atoms with Crippen LogP contribution in [0.25, 0.3) is 5.82 Å². The molecule has 2 aromatic heterocycles. The number of carbonyl (C=O) groups excluding carboxylic acids is 1. The monoisotopic (exact) mass is 288 g/mol. The van der Waals surface area contributed by atoms with Gasteiger partial charge in [0.15, 0.2) is 0 Å². The van der Waals surface area contributed by atoms with Gasteiger partial charge in [0.25, 0.3) is 0 Å². The first-order valence-electron chi connectivity index (χ1n) is 6.75. The first-order chi connectivity index (χ1) is 9.85. The van der Waals surface area contributed by atoms with Crippen LogP contribution in [0.15, 0.2) is 30.7 Å². The summed E-state index contributed by atoms with van der Waals surface area (Å²) in [5, 5.41) is 2.75. The van der Waals surface area contributed by atoms with Gasteiger partial charge >= 0.3 is 0 Å². The van der Waals surface area contributed by atoms with Gasteiger partial charge in [-0.2, -0.15) is 0 Å². The molecule has 2 aromatic rings. The quantitative estimate of drug-likeness (QED) is 0.937. The minimum Gasteiger partial charge on any atom is -0.366 e. The number of aromatic nitrogens is 3. The van der Waals surface area contributed by atoms with Crippen molar-refractivity contribution in [3.8, 4) is 5.82 Å². The molecule has 0 saturated carbocycles. The number of hydrogen-bond acceptors (Lipinski definition) is 4. The predicted octanol–water partition coefficient (Wildman–Crippen LogP) is 2.33. The number of hydrogen-bond donors (Lipinski definition) is 1. The largest absolute Gasteiger partial charge is 0.366 e. The van der Waals surface area contributed by atoms with Crippen LogP contribution in [0.1, 0.15) is 26.6 Å². The van der Waals surface area contributed by atoms with Crippen LogP contribution in [-0.2, 0) is 9.53 Å². The van der Waals surface area contributed by atoms with Crippen molar-refractivity contribution in [2.45, 2.75) is 33.3 Å². The molecule has 0 aliphatic carbocycles. The van der Waals surface area contributed by atoms with Crippen LogP contribution < -0.4 is 5.32 Å². The number of rotatable bonds is 4. The number of anilines is 1. The Balaban J connectivity index is 1.97. The maximum atomic E-state index is 11.7. The van der Waals surface area contributed by atoms with Crippen LogP contribution in [-0.4, -0.2) is 32.7 Å². The summed E-state index contributed by atoms with van der Waals surface area (Å²) in [5.41, 5.74) is 0.303. The summed E-state index contributed by atoms with van der Waals surface area (Å²) in [6.07, 6.45) is 5.17. The SMILES string of the molecule is Cc1nccn1-c1ccc(NC(=O)COC(C)(C)C)cn1. The Morgan fingerprint density at radius 3 is 2.62 bits per heavy atom. The van der Waals surface area contributed by atoms with E-state index in [0.717, 1.165) is 11.6 Å². The third-order valence-electron chi connectivity index (χ3n) is 2.74. The maximum Gasteiger partial charge on any atom is 0.250 e. The standard InChI is InChI=1S/C15H20N4O2/c1-11-16-7-8-19(11)13-6-5-12(9-17-13)18-14(20)10-21-15(2,3)4/h5-9H,10H2,1-4H3,(H,18,20). The second kappa shape index (κ2) is 6.05. The van der Waals surface area contributed by atoms with Gasteiger partial charge in [-0.25, -0.2) is 9.97 Å². The number of nitrogens with zero attached hydrogens (tertiary/aromatic N) is 3. The highest BCUT2D eigenvalue weighted by Crippen LogP contribution is 2.12. The van der Waals surface area contributed by atoms with Crippen molar-refractivity contribution >= 4 is 11.6 Å². The minimum absolute atomic E-state index is 0.0197. The molecule has 2 heterocycles. The van der Waals surface area contributed by atoms with Gasteiger partial charge in [0.1, 0.15) is 18.2 Å². The summed E-state index contributed by atoms with van der Waals surface area (Å²) < 4.78 is 7.29. The van der Waals surface area contributed by atoms with Gasteiger partial charge in [0, 0.05) is 12.4 Å². The van der Waals surface area contributed by atoms with Crippen molar-refractivity contribution in [2.75, 3.05) is 11.9 Å². The molecule has 0 aromatic carbocycles. The lowest BCUT2D eigenvalue weighted by atomic mass is 10.2. The first kappa shape index (κ1) is 15.2. The van der Waals surface area contributed by atoms with E-state index in [1.165, 1.54) is 0 Å². The molecule has 2 rings (SSSR count). The Morgan fingerprint density at radius 2 is 2.10 bits per heavy atom. The van der Waals surface area contributed by atoms with Crippen LogP contribution in [0.2, 0.25) is 0 Å². The molecule has 1 N–H and O–H groups in total. The van der Waals surface area contributed by atoms with E-state index in [2.05, 4.69) is 15.3 Å². The average molecular weight is 288 g/mol. The normalized spacial score (nSPS) is 11.4. The Bertz CT molecular complexity index is 611. The summed E-state index contributed by atoms with van der Waals surface area (Å²) in [6, 6.07) is 3.63. The van der Waals surface area contributed by atoms with Crippen molar-refractivity contribution in [3.63, 3.8) is 0 Å². The molecule has 21 heavy (non-hydrogen) atoms. The van der Waals surface area contributed by atoms with Crippen LogP contribution in [0.3, 0.4) is 0 Å². The lowest BCUT2D eigenvalue weighted by Crippen LogP contribution is -2.27. The van der Waals surface area contributed by atoms with Crippen molar-refractivity contribution in [2.24, 2.45) is 0 Å². The Hall–Kier alpha value is -2.21. The van der Waals surface area contributed by atoms with Gasteiger partial charge in [-0.3, -0.25) is 9.36 Å². The summed E-state index contributed by atoms with van der Waals surface area (Å²) in [5.74, 6) is 1.42. The predicted molar refractivity (Wildman–Crippen MR) is 80.4 cm³/mol. The van der Waals surface area contributed by atoms with E-state index >= 15 is 0 Å². The summed E-state index contributed by atoms with van der Waals surface area (Å²) in [6.45, 7) is 7.64. The van der Waals surface area contributed by atoms with Gasteiger partial charge in [-0.1, -0.05) is 0 Å². The van der Waals surface area contributed by atoms with E-state index in [-0.39, 0.29) is 18.1 Å². The maximum absolute atomic E-state index is 11.7. The van der Waals surface area contributed by atoms with Crippen LogP contribution >= 0.6 is 0 Å². The first-order valence-corrected chi connectivity index (χ1v) is 6.75. The third-order valence-corrected chi connectivity index (χ3v) is 2.74. The van der Waals surface area contributed by atoms with Crippen molar-refractivity contribution in [1.82, 2.24) is 14.5 Å². The number of aryl methyl sites for hydroxylation is 1. The number of imidazole rings is 1. The molecule has 6 heteroatoms. The van der Waals surface area contributed by atoms with Crippen molar-refractivity contribution in [3.05, 3.63) is 36.5 Å². The van der Waals surface area contributed by atoms with E-state index in [4.69, 9.17) is 4.74 Å². The van der Waals surface area contributed by atoms with E-state index in [9.17, 15) is 4.79 Å². The zero-order valence-electron chi connectivity index (χ0n) is 12.8. The molecule has 1 amide bonds. The number of pyridine rings is 1. The van der Waals surface area contributed by atoms with Crippen LogP contribution in [0, 0.1) is 6.92 Å². The second-order valence-corrected chi connectivity index (χ2v) is 5.70. The topological polar surface area (TPSA) is 69.0 Å². The summed E-state index contributed by atoms with van der Waals surface area (Å²) in [7, 11) is 0. The smallest absolute Gasteiger partial charge is 0.250 e. The number of ether oxygens (including phenoxy) is 1. The molecule has 112 valence electrons. The fraction of sp³-hybridized carbons (Fsp3) is 0.400. The molecule has 0 bridgehead atoms. The Labute approximate surface area is 124 Å². The third kappa shape index (κ3) is 4.39. The highest BCUT2D eigenvalue weighted by Gasteiger charge is 2.13.